The van der Waals surface area contributed by atoms with Crippen molar-refractivity contribution in [2.24, 2.45) is 0 Å². The number of ether oxygens (including phenoxy) is 2. The molecule has 1 rings (SSSR count). The molecule has 1 unspecified atom stereocenters. The van der Waals surface area contributed by atoms with Crippen molar-refractivity contribution in [3.63, 3.8) is 0 Å². The molecule has 3 nitrogen and oxygen atoms in total. The summed E-state index contributed by atoms with van der Waals surface area (Å²) in [5.41, 5.74) is 1.07. The van der Waals surface area contributed by atoms with E-state index in [-0.39, 0.29) is 0 Å². The third-order valence-electron chi connectivity index (χ3n) is 1.93. The van der Waals surface area contributed by atoms with Crippen LogP contribution in [-0.4, -0.2) is 40.9 Å². The summed E-state index contributed by atoms with van der Waals surface area (Å²) in [6.45, 7) is 0.875. The number of rotatable bonds is 6. The molecule has 0 fully saturated rings. The van der Waals surface area contributed by atoms with Crippen LogP contribution in [0.4, 0.5) is 0 Å². The van der Waals surface area contributed by atoms with Crippen molar-refractivity contribution in [1.29, 1.82) is 0 Å². The minimum atomic E-state index is -0.414. The fraction of sp³-hybridized carbons (Fsp3) is 0.455. The summed E-state index contributed by atoms with van der Waals surface area (Å²) in [5, 5.41) is 9.84. The normalized spacial score (nSPS) is 12.5. The monoisotopic (exact) mass is 275 g/mol. The van der Waals surface area contributed by atoms with Gasteiger partial charge in [0.1, 0.15) is 0 Å². The van der Waals surface area contributed by atoms with E-state index in [9.17, 15) is 5.11 Å². The van der Waals surface area contributed by atoms with Gasteiger partial charge in [-0.2, -0.15) is 0 Å². The first-order valence-electron chi connectivity index (χ1n) is 4.73. The first-order chi connectivity index (χ1) is 7.26. The Balaban J connectivity index is 2.31. The van der Waals surface area contributed by atoms with Crippen LogP contribution in [0.3, 0.4) is 0 Å². The molecule has 0 aromatic heterocycles. The summed E-state index contributed by atoms with van der Waals surface area (Å²) < 4.78 is 10.4. The maximum absolute atomic E-state index is 9.24. The van der Waals surface area contributed by atoms with Crippen molar-refractivity contribution in [1.82, 2.24) is 0 Å². The van der Waals surface area contributed by atoms with Crippen LogP contribution in [-0.2, 0) is 11.3 Å². The van der Waals surface area contributed by atoms with E-state index in [0.29, 0.717) is 18.5 Å². The molecule has 1 radical (unpaired) electrons. The standard InChI is InChI=1S/C11H15O3Se/c1-13-11-4-2-9(3-5-11)6-14-7-10(12)8-15/h2-5,10,12H,6-8H2,1H3. The Bertz CT molecular complexity index is 274. The summed E-state index contributed by atoms with van der Waals surface area (Å²) in [7, 11) is 1.64. The Hall–Kier alpha value is -0.541. The molecule has 83 valence electrons. The Kier molecular flexibility index (Phi) is 5.73. The van der Waals surface area contributed by atoms with Crippen molar-refractivity contribution >= 4 is 16.0 Å². The van der Waals surface area contributed by atoms with Crippen LogP contribution in [0.2, 0.25) is 5.32 Å². The zero-order chi connectivity index (χ0) is 11.1. The number of methoxy groups -OCH3 is 1. The molecule has 1 aromatic carbocycles. The molecule has 0 aliphatic heterocycles. The van der Waals surface area contributed by atoms with Gasteiger partial charge in [0.05, 0.1) is 0 Å². The van der Waals surface area contributed by atoms with Gasteiger partial charge < -0.3 is 0 Å². The van der Waals surface area contributed by atoms with Gasteiger partial charge in [-0.25, -0.2) is 0 Å². The van der Waals surface area contributed by atoms with E-state index in [2.05, 4.69) is 16.0 Å². The van der Waals surface area contributed by atoms with Crippen molar-refractivity contribution < 1.29 is 14.6 Å². The number of aliphatic hydroxyl groups is 1. The van der Waals surface area contributed by atoms with Crippen molar-refractivity contribution in [2.45, 2.75) is 18.0 Å². The van der Waals surface area contributed by atoms with Crippen LogP contribution in [0.5, 0.6) is 5.75 Å². The van der Waals surface area contributed by atoms with Crippen LogP contribution in [0.1, 0.15) is 5.56 Å². The zero-order valence-corrected chi connectivity index (χ0v) is 10.4. The Morgan fingerprint density at radius 3 is 2.53 bits per heavy atom. The van der Waals surface area contributed by atoms with Crippen LogP contribution in [0, 0.1) is 0 Å². The molecule has 0 heterocycles. The number of benzene rings is 1. The number of hydrogen-bond acceptors (Lipinski definition) is 3. The second kappa shape index (κ2) is 6.85. The molecule has 1 N–H and O–H groups in total. The summed E-state index contributed by atoms with van der Waals surface area (Å²) in [5.74, 6) is 0.835. The van der Waals surface area contributed by atoms with E-state index < -0.39 is 6.10 Å². The van der Waals surface area contributed by atoms with Gasteiger partial charge in [-0.3, -0.25) is 0 Å². The van der Waals surface area contributed by atoms with Crippen molar-refractivity contribution in [3.8, 4) is 5.75 Å². The van der Waals surface area contributed by atoms with E-state index in [1.165, 1.54) is 0 Å². The summed E-state index contributed by atoms with van der Waals surface area (Å²) >= 11 is 2.76. The fourth-order valence-electron chi connectivity index (χ4n) is 1.08. The van der Waals surface area contributed by atoms with Gasteiger partial charge in [0.25, 0.3) is 0 Å². The molecule has 0 amide bonds. The van der Waals surface area contributed by atoms with E-state index in [0.717, 1.165) is 11.3 Å². The first-order valence-corrected chi connectivity index (χ1v) is 5.94. The van der Waals surface area contributed by atoms with Crippen LogP contribution >= 0.6 is 0 Å². The topological polar surface area (TPSA) is 38.7 Å². The van der Waals surface area contributed by atoms with Gasteiger partial charge in [0.15, 0.2) is 0 Å². The summed E-state index contributed by atoms with van der Waals surface area (Å²) in [6.07, 6.45) is -0.414. The molecule has 4 heteroatoms. The minimum absolute atomic E-state index is 0.360. The summed E-state index contributed by atoms with van der Waals surface area (Å²) in [4.78, 5) is 0. The number of aliphatic hydroxyl groups excluding tert-OH is 1. The van der Waals surface area contributed by atoms with Gasteiger partial charge in [-0.15, -0.1) is 0 Å². The molecular formula is C11H15O3Se. The molecule has 0 aliphatic carbocycles. The molecule has 15 heavy (non-hydrogen) atoms. The molecule has 0 aliphatic rings. The molecule has 0 spiro atoms. The van der Waals surface area contributed by atoms with Crippen LogP contribution in [0.25, 0.3) is 0 Å². The second-order valence-electron chi connectivity index (χ2n) is 3.18. The van der Waals surface area contributed by atoms with Crippen molar-refractivity contribution in [3.05, 3.63) is 29.8 Å². The zero-order valence-electron chi connectivity index (χ0n) is 8.68. The molecule has 1 atom stereocenters. The third kappa shape index (κ3) is 4.67. The summed E-state index contributed by atoms with van der Waals surface area (Å²) in [6, 6.07) is 7.68. The van der Waals surface area contributed by atoms with Crippen LogP contribution in [0.15, 0.2) is 24.3 Å². The first kappa shape index (κ1) is 12.5. The second-order valence-corrected chi connectivity index (χ2v) is 3.88. The maximum atomic E-state index is 9.24. The molecule has 1 aromatic rings. The third-order valence-corrected chi connectivity index (χ3v) is 2.74. The van der Waals surface area contributed by atoms with E-state index in [4.69, 9.17) is 9.47 Å². The molecular weight excluding hydrogens is 259 g/mol. The Labute approximate surface area is 98.2 Å². The molecule has 0 saturated carbocycles. The SMILES string of the molecule is COc1ccc(COCC(O)C[Se])cc1. The van der Waals surface area contributed by atoms with Gasteiger partial charge >= 0.3 is 97.9 Å². The van der Waals surface area contributed by atoms with Crippen molar-refractivity contribution in [2.75, 3.05) is 13.7 Å². The van der Waals surface area contributed by atoms with Crippen LogP contribution < -0.4 is 4.74 Å². The predicted molar refractivity (Wildman–Crippen MR) is 59.2 cm³/mol. The average molecular weight is 274 g/mol. The fourth-order valence-corrected chi connectivity index (χ4v) is 1.28. The van der Waals surface area contributed by atoms with E-state index in [1.54, 1.807) is 7.11 Å². The quantitative estimate of drug-likeness (QED) is 0.791. The van der Waals surface area contributed by atoms with Gasteiger partial charge in [0, 0.05) is 0 Å². The van der Waals surface area contributed by atoms with Gasteiger partial charge in [0.2, 0.25) is 0 Å². The Morgan fingerprint density at radius 1 is 1.33 bits per heavy atom. The van der Waals surface area contributed by atoms with Gasteiger partial charge in [-0.1, -0.05) is 0 Å². The average Bonchev–Trinajstić information content (AvgIpc) is 2.29. The molecule has 0 bridgehead atoms. The number of hydrogen-bond donors (Lipinski definition) is 1. The van der Waals surface area contributed by atoms with Gasteiger partial charge in [-0.05, 0) is 0 Å². The predicted octanol–water partition coefficient (Wildman–Crippen LogP) is 1.16. The Morgan fingerprint density at radius 2 is 2.00 bits per heavy atom. The van der Waals surface area contributed by atoms with E-state index >= 15 is 0 Å². The van der Waals surface area contributed by atoms with E-state index in [1.807, 2.05) is 24.3 Å². The molecule has 0 saturated heterocycles.